The summed E-state index contributed by atoms with van der Waals surface area (Å²) in [7, 11) is 0. The van der Waals surface area contributed by atoms with Crippen molar-refractivity contribution in [1.82, 2.24) is 5.32 Å². The van der Waals surface area contributed by atoms with Crippen molar-refractivity contribution in [2.24, 2.45) is 0 Å². The molecule has 88 valence electrons. The Hall–Kier alpha value is -2.17. The van der Waals surface area contributed by atoms with Crippen LogP contribution in [0.4, 0.5) is 5.69 Å². The van der Waals surface area contributed by atoms with E-state index in [0.29, 0.717) is 6.42 Å². The molecule has 1 aliphatic rings. The van der Waals surface area contributed by atoms with Crippen LogP contribution in [0.2, 0.25) is 0 Å². The Morgan fingerprint density at radius 3 is 2.94 bits per heavy atom. The fraction of sp³-hybridized carbons (Fsp3) is 0.250. The molecule has 2 atom stereocenters. The van der Waals surface area contributed by atoms with Crippen molar-refractivity contribution in [3.05, 3.63) is 52.6 Å². The Morgan fingerprint density at radius 2 is 2.29 bits per heavy atom. The minimum absolute atomic E-state index is 0.0460. The topological polar surface area (TPSA) is 72.2 Å². The molecule has 0 spiro atoms. The van der Waals surface area contributed by atoms with E-state index in [0.717, 1.165) is 5.56 Å². The molecule has 1 amide bonds. The maximum atomic E-state index is 11.3. The van der Waals surface area contributed by atoms with Gasteiger partial charge in [-0.1, -0.05) is 18.2 Å². The summed E-state index contributed by atoms with van der Waals surface area (Å²) < 4.78 is 0. The third kappa shape index (κ3) is 2.18. The summed E-state index contributed by atoms with van der Waals surface area (Å²) in [6, 6.07) is 6.24. The summed E-state index contributed by atoms with van der Waals surface area (Å²) >= 11 is 0. The second kappa shape index (κ2) is 4.37. The van der Waals surface area contributed by atoms with Crippen LogP contribution in [0.5, 0.6) is 0 Å². The molecule has 2 unspecified atom stereocenters. The van der Waals surface area contributed by atoms with Gasteiger partial charge in [0.05, 0.1) is 11.0 Å². The molecule has 5 nitrogen and oxygen atoms in total. The van der Waals surface area contributed by atoms with E-state index in [-0.39, 0.29) is 23.6 Å². The van der Waals surface area contributed by atoms with Gasteiger partial charge in [0.15, 0.2) is 0 Å². The van der Waals surface area contributed by atoms with E-state index in [1.807, 2.05) is 0 Å². The van der Waals surface area contributed by atoms with Gasteiger partial charge in [0.1, 0.15) is 0 Å². The summed E-state index contributed by atoms with van der Waals surface area (Å²) in [6.45, 7) is 3.66. The van der Waals surface area contributed by atoms with Crippen molar-refractivity contribution < 1.29 is 9.72 Å². The number of carbonyl (C=O) groups is 1. The minimum Gasteiger partial charge on any atom is -0.349 e. The van der Waals surface area contributed by atoms with Crippen LogP contribution < -0.4 is 5.32 Å². The quantitative estimate of drug-likeness (QED) is 0.490. The van der Waals surface area contributed by atoms with Gasteiger partial charge in [0.2, 0.25) is 5.91 Å². The van der Waals surface area contributed by atoms with Crippen molar-refractivity contribution in [2.75, 3.05) is 0 Å². The normalized spacial score (nSPS) is 23.2. The number of amides is 1. The Morgan fingerprint density at radius 1 is 1.53 bits per heavy atom. The molecule has 17 heavy (non-hydrogen) atoms. The lowest BCUT2D eigenvalue weighted by Crippen LogP contribution is -2.25. The summed E-state index contributed by atoms with van der Waals surface area (Å²) in [6.07, 6.45) is 2.01. The highest BCUT2D eigenvalue weighted by molar-refractivity contribution is 5.80. The highest BCUT2D eigenvalue weighted by atomic mass is 16.6. The van der Waals surface area contributed by atoms with Crippen LogP contribution >= 0.6 is 0 Å². The minimum atomic E-state index is -0.434. The van der Waals surface area contributed by atoms with Crippen LogP contribution in [-0.4, -0.2) is 16.9 Å². The van der Waals surface area contributed by atoms with E-state index in [4.69, 9.17) is 0 Å². The lowest BCUT2D eigenvalue weighted by molar-refractivity contribution is -0.384. The third-order valence-electron chi connectivity index (χ3n) is 2.93. The number of rotatable bonds is 3. The first-order valence-corrected chi connectivity index (χ1v) is 5.28. The van der Waals surface area contributed by atoms with E-state index >= 15 is 0 Å². The molecule has 0 bridgehead atoms. The van der Waals surface area contributed by atoms with Gasteiger partial charge in [0, 0.05) is 24.5 Å². The van der Waals surface area contributed by atoms with Crippen molar-refractivity contribution in [3.63, 3.8) is 0 Å². The van der Waals surface area contributed by atoms with Crippen LogP contribution in [0.25, 0.3) is 0 Å². The predicted molar refractivity (Wildman–Crippen MR) is 62.6 cm³/mol. The first kappa shape index (κ1) is 11.3. The summed E-state index contributed by atoms with van der Waals surface area (Å²) in [4.78, 5) is 21.6. The second-order valence-corrected chi connectivity index (χ2v) is 3.99. The van der Waals surface area contributed by atoms with E-state index < -0.39 is 4.92 Å². The van der Waals surface area contributed by atoms with Gasteiger partial charge in [-0.3, -0.25) is 14.9 Å². The van der Waals surface area contributed by atoms with Crippen LogP contribution in [0.1, 0.15) is 17.9 Å². The molecule has 1 aromatic carbocycles. The molecular formula is C12H12N2O3. The number of hydrogen-bond acceptors (Lipinski definition) is 3. The molecule has 1 aromatic rings. The first-order valence-electron chi connectivity index (χ1n) is 5.28. The molecular weight excluding hydrogens is 220 g/mol. The van der Waals surface area contributed by atoms with Crippen molar-refractivity contribution >= 4 is 11.6 Å². The monoisotopic (exact) mass is 232 g/mol. The van der Waals surface area contributed by atoms with E-state index in [9.17, 15) is 14.9 Å². The zero-order valence-electron chi connectivity index (χ0n) is 9.13. The number of nitrogens with one attached hydrogen (secondary N) is 1. The summed E-state index contributed by atoms with van der Waals surface area (Å²) in [5.74, 6) is -0.119. The first-order chi connectivity index (χ1) is 8.11. The molecule has 0 saturated carbocycles. The van der Waals surface area contributed by atoms with Crippen molar-refractivity contribution in [3.8, 4) is 0 Å². The Labute approximate surface area is 98.3 Å². The zero-order chi connectivity index (χ0) is 12.4. The van der Waals surface area contributed by atoms with Gasteiger partial charge in [-0.2, -0.15) is 0 Å². The Bertz CT molecular complexity index is 484. The number of benzene rings is 1. The molecule has 1 aliphatic heterocycles. The number of nitro benzene ring substituents is 1. The van der Waals surface area contributed by atoms with Gasteiger partial charge >= 0.3 is 0 Å². The molecule has 0 radical (unpaired) electrons. The zero-order valence-corrected chi connectivity index (χ0v) is 9.13. The van der Waals surface area contributed by atoms with Crippen LogP contribution in [0.3, 0.4) is 0 Å². The molecule has 0 aromatic heterocycles. The maximum absolute atomic E-state index is 11.3. The SMILES string of the molecule is C=CC1NC(=O)CC1c1cccc([N+](=O)[O-])c1. The molecule has 1 saturated heterocycles. The van der Waals surface area contributed by atoms with E-state index in [1.165, 1.54) is 12.1 Å². The van der Waals surface area contributed by atoms with Gasteiger partial charge in [-0.25, -0.2) is 0 Å². The van der Waals surface area contributed by atoms with Crippen LogP contribution in [0, 0.1) is 10.1 Å². The smallest absolute Gasteiger partial charge is 0.269 e. The Kier molecular flexibility index (Phi) is 2.91. The van der Waals surface area contributed by atoms with E-state index in [1.54, 1.807) is 18.2 Å². The number of carbonyl (C=O) groups excluding carboxylic acids is 1. The largest absolute Gasteiger partial charge is 0.349 e. The van der Waals surface area contributed by atoms with Gasteiger partial charge in [-0.15, -0.1) is 6.58 Å². The average Bonchev–Trinajstić information content (AvgIpc) is 2.70. The fourth-order valence-electron chi connectivity index (χ4n) is 2.09. The van der Waals surface area contributed by atoms with E-state index in [2.05, 4.69) is 11.9 Å². The third-order valence-corrected chi connectivity index (χ3v) is 2.93. The fourth-order valence-corrected chi connectivity index (χ4v) is 2.09. The van der Waals surface area contributed by atoms with Gasteiger partial charge in [0.25, 0.3) is 5.69 Å². The predicted octanol–water partition coefficient (Wildman–Crippen LogP) is 1.75. The number of nitro groups is 1. The van der Waals surface area contributed by atoms with Gasteiger partial charge in [-0.05, 0) is 5.56 Å². The highest BCUT2D eigenvalue weighted by Gasteiger charge is 2.31. The second-order valence-electron chi connectivity index (χ2n) is 3.99. The molecule has 0 aliphatic carbocycles. The van der Waals surface area contributed by atoms with Crippen molar-refractivity contribution in [1.29, 1.82) is 0 Å². The van der Waals surface area contributed by atoms with Crippen molar-refractivity contribution in [2.45, 2.75) is 18.4 Å². The lowest BCUT2D eigenvalue weighted by atomic mass is 9.91. The number of nitrogens with zero attached hydrogens (tertiary/aromatic N) is 1. The average molecular weight is 232 g/mol. The van der Waals surface area contributed by atoms with Crippen LogP contribution in [-0.2, 0) is 4.79 Å². The molecule has 2 rings (SSSR count). The van der Waals surface area contributed by atoms with Gasteiger partial charge < -0.3 is 5.32 Å². The highest BCUT2D eigenvalue weighted by Crippen LogP contribution is 2.30. The standard InChI is InChI=1S/C12H12N2O3/c1-2-11-10(7-12(15)13-11)8-4-3-5-9(6-8)14(16)17/h2-6,10-11H,1,7H2,(H,13,15). The molecule has 1 heterocycles. The molecule has 1 N–H and O–H groups in total. The lowest BCUT2D eigenvalue weighted by Gasteiger charge is -2.14. The Balaban J connectivity index is 2.33. The summed E-state index contributed by atoms with van der Waals surface area (Å²) in [5.41, 5.74) is 0.840. The number of hydrogen-bond donors (Lipinski definition) is 1. The molecule has 1 fully saturated rings. The summed E-state index contributed by atoms with van der Waals surface area (Å²) in [5, 5.41) is 13.5. The molecule has 5 heteroatoms. The van der Waals surface area contributed by atoms with Crippen LogP contribution in [0.15, 0.2) is 36.9 Å². The number of non-ortho nitro benzene ring substituents is 1. The maximum Gasteiger partial charge on any atom is 0.269 e.